The van der Waals surface area contributed by atoms with Crippen LogP contribution in [0, 0.1) is 12.7 Å². The molecule has 0 saturated heterocycles. The van der Waals surface area contributed by atoms with Gasteiger partial charge in [-0.15, -0.1) is 5.01 Å². The molecule has 2 aliphatic rings. The van der Waals surface area contributed by atoms with E-state index in [0.29, 0.717) is 12.2 Å². The zero-order valence-electron chi connectivity index (χ0n) is 19.2. The maximum absolute atomic E-state index is 14.1. The number of quaternary nitrogens is 1. The summed E-state index contributed by atoms with van der Waals surface area (Å²) in [5, 5.41) is 3.61. The minimum Gasteiger partial charge on any atom is -1.00 e. The lowest BCUT2D eigenvalue weighted by atomic mass is 9.83. The van der Waals surface area contributed by atoms with Gasteiger partial charge in [0.05, 0.1) is 17.7 Å². The van der Waals surface area contributed by atoms with E-state index in [1.54, 1.807) is 12.1 Å². The third kappa shape index (κ3) is 3.88. The summed E-state index contributed by atoms with van der Waals surface area (Å²) in [6.07, 6.45) is 0. The normalized spacial score (nSPS) is 23.6. The average molecular weight is 451 g/mol. The fourth-order valence-corrected chi connectivity index (χ4v) is 7.33. The molecule has 0 aliphatic carbocycles. The predicted molar refractivity (Wildman–Crippen MR) is 118 cm³/mol. The van der Waals surface area contributed by atoms with Gasteiger partial charge in [0.1, 0.15) is 5.82 Å². The molecule has 2 heterocycles. The van der Waals surface area contributed by atoms with Crippen LogP contribution in [-0.2, 0) is 12.0 Å². The van der Waals surface area contributed by atoms with Crippen LogP contribution in [0.1, 0.15) is 76.4 Å². The molecule has 3 nitrogen and oxygen atoms in total. The molecule has 0 fully saturated rings. The molecule has 164 valence electrons. The number of fused-ring (bicyclic) bond motifs is 4. The molecule has 2 aromatic carbocycles. The van der Waals surface area contributed by atoms with Gasteiger partial charge < -0.3 is 12.4 Å². The standard InChI is InChI=1S/C24H32FN2OP.ClH/c1-15-11-19-16(2)29-21-10-9-18(25)13-17(21)14-26(24(6,7)8)27(29)28-22(19)20(12-15)23(3,4)5;/h9-13,16H,14H2,1-8H3;1H. The van der Waals surface area contributed by atoms with E-state index in [9.17, 15) is 4.39 Å². The van der Waals surface area contributed by atoms with E-state index >= 15 is 0 Å². The van der Waals surface area contributed by atoms with Crippen LogP contribution in [0.2, 0.25) is 0 Å². The Kier molecular flexibility index (Phi) is 6.06. The Balaban J connectivity index is 0.00000256. The molecule has 0 aromatic heterocycles. The molecule has 0 amide bonds. The Bertz CT molecular complexity index is 967. The number of rotatable bonds is 0. The lowest BCUT2D eigenvalue weighted by Crippen LogP contribution is -3.18. The Morgan fingerprint density at radius 1 is 1.10 bits per heavy atom. The summed E-state index contributed by atoms with van der Waals surface area (Å²) in [4.78, 5) is 7.89. The summed E-state index contributed by atoms with van der Waals surface area (Å²) >= 11 is 0. The third-order valence-electron chi connectivity index (χ3n) is 5.98. The van der Waals surface area contributed by atoms with Crippen LogP contribution in [0.5, 0.6) is 5.75 Å². The summed E-state index contributed by atoms with van der Waals surface area (Å²) in [5.41, 5.74) is 5.13. The number of nitrogens with one attached hydrogen (secondary N) is 1. The molecule has 30 heavy (non-hydrogen) atoms. The van der Waals surface area contributed by atoms with Crippen molar-refractivity contribution in [2.75, 3.05) is 0 Å². The van der Waals surface area contributed by atoms with Gasteiger partial charge in [-0.1, -0.05) is 43.4 Å². The second-order valence-corrected chi connectivity index (χ2v) is 12.8. The van der Waals surface area contributed by atoms with Crippen molar-refractivity contribution < 1.29 is 26.6 Å². The second kappa shape index (κ2) is 7.74. The zero-order valence-corrected chi connectivity index (χ0v) is 20.9. The van der Waals surface area contributed by atoms with Gasteiger partial charge in [0.25, 0.3) is 0 Å². The summed E-state index contributed by atoms with van der Waals surface area (Å²) in [7, 11) is -0.733. The van der Waals surface area contributed by atoms with Crippen LogP contribution >= 0.6 is 8.07 Å². The van der Waals surface area contributed by atoms with E-state index in [0.717, 1.165) is 16.3 Å². The van der Waals surface area contributed by atoms with Crippen LogP contribution in [0.25, 0.3) is 0 Å². The Morgan fingerprint density at radius 3 is 2.37 bits per heavy atom. The van der Waals surface area contributed by atoms with Crippen molar-refractivity contribution in [3.05, 3.63) is 58.4 Å². The van der Waals surface area contributed by atoms with Crippen LogP contribution < -0.4 is 27.5 Å². The molecule has 3 unspecified atom stereocenters. The van der Waals surface area contributed by atoms with E-state index in [1.807, 2.05) is 6.07 Å². The molecule has 1 N–H and O–H groups in total. The van der Waals surface area contributed by atoms with Gasteiger partial charge in [-0.2, -0.15) is 0 Å². The van der Waals surface area contributed by atoms with Crippen molar-refractivity contribution in [1.82, 2.24) is 5.01 Å². The predicted octanol–water partition coefficient (Wildman–Crippen LogP) is 1.94. The van der Waals surface area contributed by atoms with Gasteiger partial charge >= 0.3 is 0 Å². The SMILES string of the molecule is Cc1cc2c(c(C(C)(C)C)c1)O[NH+]1N(C(C)(C)C)Cc3cc(F)ccc3P1C2C.[Cl-]. The first-order chi connectivity index (χ1) is 13.4. The third-order valence-corrected chi connectivity index (χ3v) is 8.73. The lowest BCUT2D eigenvalue weighted by Gasteiger charge is -2.48. The number of aryl methyl sites for hydroxylation is 1. The highest BCUT2D eigenvalue weighted by atomic mass is 35.5. The number of nitrogens with zero attached hydrogens (tertiary/aromatic N) is 1. The van der Waals surface area contributed by atoms with E-state index in [-0.39, 0.29) is 29.2 Å². The zero-order chi connectivity index (χ0) is 21.3. The van der Waals surface area contributed by atoms with Gasteiger partial charge in [-0.05, 0) is 63.8 Å². The van der Waals surface area contributed by atoms with Gasteiger partial charge in [-0.25, -0.2) is 4.39 Å². The van der Waals surface area contributed by atoms with Crippen molar-refractivity contribution in [3.63, 3.8) is 0 Å². The van der Waals surface area contributed by atoms with Crippen molar-refractivity contribution in [2.45, 2.75) is 78.5 Å². The van der Waals surface area contributed by atoms with Crippen molar-refractivity contribution in [1.29, 1.82) is 0 Å². The molecule has 0 radical (unpaired) electrons. The Morgan fingerprint density at radius 2 is 1.77 bits per heavy atom. The molecular formula is C24H33ClFN2OP. The second-order valence-electron chi connectivity index (χ2n) is 10.4. The molecule has 0 spiro atoms. The molecule has 6 heteroatoms. The molecular weight excluding hydrogens is 418 g/mol. The van der Waals surface area contributed by atoms with Gasteiger partial charge in [0.15, 0.2) is 0 Å². The first-order valence-electron chi connectivity index (χ1n) is 10.4. The maximum atomic E-state index is 14.1. The fourth-order valence-electron chi connectivity index (χ4n) is 4.40. The Labute approximate surface area is 187 Å². The van der Waals surface area contributed by atoms with Gasteiger partial charge in [0.2, 0.25) is 13.8 Å². The van der Waals surface area contributed by atoms with Crippen molar-refractivity contribution in [3.8, 4) is 5.75 Å². The topological polar surface area (TPSA) is 16.9 Å². The first kappa shape index (κ1) is 23.5. The van der Waals surface area contributed by atoms with Crippen LogP contribution in [-0.4, -0.2) is 10.5 Å². The molecule has 0 saturated carbocycles. The highest BCUT2D eigenvalue weighted by molar-refractivity contribution is 7.59. The number of halogens is 2. The number of benzene rings is 2. The largest absolute Gasteiger partial charge is 1.00 e. The first-order valence-corrected chi connectivity index (χ1v) is 11.8. The minimum absolute atomic E-state index is 0. The lowest BCUT2D eigenvalue weighted by molar-refractivity contribution is -1.07. The maximum Gasteiger partial charge on any atom is 0.206 e. The van der Waals surface area contributed by atoms with E-state index < -0.39 is 8.07 Å². The molecule has 2 aromatic rings. The van der Waals surface area contributed by atoms with Crippen LogP contribution in [0.15, 0.2) is 30.3 Å². The van der Waals surface area contributed by atoms with E-state index in [1.165, 1.54) is 22.0 Å². The monoisotopic (exact) mass is 450 g/mol. The number of hydrogen-bond acceptors (Lipinski definition) is 2. The molecule has 3 atom stereocenters. The van der Waals surface area contributed by atoms with Gasteiger partial charge in [0, 0.05) is 16.4 Å². The quantitative estimate of drug-likeness (QED) is 0.618. The highest BCUT2D eigenvalue weighted by Crippen LogP contribution is 2.53. The summed E-state index contributed by atoms with van der Waals surface area (Å²) in [5.74, 6) is 0.872. The average Bonchev–Trinajstić information content (AvgIpc) is 2.59. The fraction of sp³-hybridized carbons (Fsp3) is 0.500. The van der Waals surface area contributed by atoms with Crippen LogP contribution in [0.3, 0.4) is 0 Å². The minimum atomic E-state index is -0.733. The van der Waals surface area contributed by atoms with Gasteiger partial charge in [-0.3, -0.25) is 4.84 Å². The van der Waals surface area contributed by atoms with Crippen LogP contribution in [0.4, 0.5) is 4.39 Å². The smallest absolute Gasteiger partial charge is 0.206 e. The summed E-state index contributed by atoms with van der Waals surface area (Å²) in [6.45, 7) is 18.5. The molecule has 0 bridgehead atoms. The van der Waals surface area contributed by atoms with E-state index in [2.05, 4.69) is 72.5 Å². The highest BCUT2D eigenvalue weighted by Gasteiger charge is 2.52. The molecule has 2 aliphatic heterocycles. The Hall–Kier alpha value is -1.19. The molecule has 4 rings (SSSR count). The van der Waals surface area contributed by atoms with E-state index in [4.69, 9.17) is 4.84 Å². The van der Waals surface area contributed by atoms with Crippen molar-refractivity contribution in [2.24, 2.45) is 0 Å². The number of hydrogen-bond donors (Lipinski definition) is 1. The van der Waals surface area contributed by atoms with Crippen molar-refractivity contribution >= 4 is 13.4 Å². The summed E-state index contributed by atoms with van der Waals surface area (Å²) in [6, 6.07) is 9.86. The summed E-state index contributed by atoms with van der Waals surface area (Å²) < 4.78 is 14.1.